The van der Waals surface area contributed by atoms with Crippen molar-refractivity contribution in [1.29, 1.82) is 0 Å². The average molecular weight is 233 g/mol. The van der Waals surface area contributed by atoms with Crippen LogP contribution in [-0.2, 0) is 0 Å². The Hall–Kier alpha value is -1.02. The first-order chi connectivity index (χ1) is 8.28. The second-order valence-corrected chi connectivity index (χ2v) is 4.97. The van der Waals surface area contributed by atoms with Crippen LogP contribution < -0.4 is 4.74 Å². The molecule has 2 nitrogen and oxygen atoms in total. The van der Waals surface area contributed by atoms with Crippen molar-refractivity contribution in [3.8, 4) is 5.75 Å². The van der Waals surface area contributed by atoms with E-state index in [2.05, 4.69) is 43.0 Å². The summed E-state index contributed by atoms with van der Waals surface area (Å²) >= 11 is 0. The Labute approximate surface area is 105 Å². The third kappa shape index (κ3) is 3.74. The van der Waals surface area contributed by atoms with Gasteiger partial charge in [0.15, 0.2) is 0 Å². The average Bonchev–Trinajstić information content (AvgIpc) is 2.35. The van der Waals surface area contributed by atoms with E-state index in [0.29, 0.717) is 6.10 Å². The molecule has 1 aliphatic rings. The van der Waals surface area contributed by atoms with Crippen LogP contribution in [-0.4, -0.2) is 30.6 Å². The van der Waals surface area contributed by atoms with Crippen molar-refractivity contribution >= 4 is 0 Å². The third-order valence-electron chi connectivity index (χ3n) is 3.40. The predicted octanol–water partition coefficient (Wildman–Crippen LogP) is 3.25. The molecule has 0 bridgehead atoms. The molecule has 0 N–H and O–H groups in total. The highest BCUT2D eigenvalue weighted by Gasteiger charge is 2.19. The van der Waals surface area contributed by atoms with Gasteiger partial charge in [-0.3, -0.25) is 0 Å². The van der Waals surface area contributed by atoms with E-state index in [4.69, 9.17) is 4.74 Å². The molecule has 0 amide bonds. The summed E-state index contributed by atoms with van der Waals surface area (Å²) in [5.41, 5.74) is 1.29. The zero-order valence-electron chi connectivity index (χ0n) is 11.0. The number of likely N-dealkylation sites (tertiary alicyclic amines) is 1. The lowest BCUT2D eigenvalue weighted by molar-refractivity contribution is 0.101. The van der Waals surface area contributed by atoms with Gasteiger partial charge in [0.05, 0.1) is 0 Å². The molecule has 1 aromatic rings. The van der Waals surface area contributed by atoms with Crippen LogP contribution >= 0.6 is 0 Å². The van der Waals surface area contributed by atoms with Gasteiger partial charge in [0, 0.05) is 13.1 Å². The van der Waals surface area contributed by atoms with Crippen LogP contribution in [0.4, 0.5) is 0 Å². The van der Waals surface area contributed by atoms with Crippen molar-refractivity contribution in [2.24, 2.45) is 0 Å². The molecule has 0 aliphatic carbocycles. The highest BCUT2D eigenvalue weighted by molar-refractivity contribution is 5.26. The van der Waals surface area contributed by atoms with Gasteiger partial charge >= 0.3 is 0 Å². The van der Waals surface area contributed by atoms with Crippen LogP contribution in [0.3, 0.4) is 0 Å². The Morgan fingerprint density at radius 2 is 1.82 bits per heavy atom. The van der Waals surface area contributed by atoms with Crippen LogP contribution in [0, 0.1) is 6.92 Å². The lowest BCUT2D eigenvalue weighted by Crippen LogP contribution is -2.38. The van der Waals surface area contributed by atoms with Gasteiger partial charge in [-0.1, -0.05) is 24.6 Å². The van der Waals surface area contributed by atoms with Crippen LogP contribution in [0.1, 0.15) is 31.7 Å². The number of hydrogen-bond acceptors (Lipinski definition) is 2. The van der Waals surface area contributed by atoms with Crippen molar-refractivity contribution in [2.45, 2.75) is 39.2 Å². The normalized spacial score (nSPS) is 18.2. The van der Waals surface area contributed by atoms with Crippen LogP contribution in [0.15, 0.2) is 24.3 Å². The predicted molar refractivity (Wildman–Crippen MR) is 71.6 cm³/mol. The molecule has 17 heavy (non-hydrogen) atoms. The summed E-state index contributed by atoms with van der Waals surface area (Å²) < 4.78 is 6.01. The summed E-state index contributed by atoms with van der Waals surface area (Å²) in [6.45, 7) is 7.95. The Balaban J connectivity index is 1.79. The number of hydrogen-bond donors (Lipinski definition) is 0. The lowest BCUT2D eigenvalue weighted by atomic mass is 10.1. The van der Waals surface area contributed by atoms with Gasteiger partial charge in [0.25, 0.3) is 0 Å². The topological polar surface area (TPSA) is 12.5 Å². The summed E-state index contributed by atoms with van der Waals surface area (Å²) in [6.07, 6.45) is 3.98. The fourth-order valence-corrected chi connectivity index (χ4v) is 2.38. The molecule has 0 aromatic heterocycles. The van der Waals surface area contributed by atoms with E-state index in [0.717, 1.165) is 18.6 Å². The van der Waals surface area contributed by atoms with Gasteiger partial charge in [0.1, 0.15) is 11.9 Å². The van der Waals surface area contributed by atoms with Crippen molar-refractivity contribution in [3.63, 3.8) is 0 Å². The smallest absolute Gasteiger partial charge is 0.119 e. The molecule has 2 rings (SSSR count). The Morgan fingerprint density at radius 3 is 2.41 bits per heavy atom. The summed E-state index contributed by atoms with van der Waals surface area (Å²) in [5.74, 6) is 1.02. The van der Waals surface area contributed by atoms with Crippen LogP contribution in [0.25, 0.3) is 0 Å². The SMILES string of the molecule is CCCN1CCC(Oc2ccc(C)cc2)CC1. The molecular formula is C15H23NO. The molecule has 0 unspecified atom stereocenters. The molecule has 0 radical (unpaired) electrons. The number of ether oxygens (including phenoxy) is 1. The minimum atomic E-state index is 0.408. The Morgan fingerprint density at radius 1 is 1.18 bits per heavy atom. The molecule has 1 fully saturated rings. The number of benzene rings is 1. The minimum absolute atomic E-state index is 0.408. The number of aryl methyl sites for hydroxylation is 1. The van der Waals surface area contributed by atoms with Gasteiger partial charge in [0.2, 0.25) is 0 Å². The molecule has 1 saturated heterocycles. The van der Waals surface area contributed by atoms with Crippen LogP contribution in [0.2, 0.25) is 0 Å². The van der Waals surface area contributed by atoms with Gasteiger partial charge in [-0.15, -0.1) is 0 Å². The zero-order chi connectivity index (χ0) is 12.1. The molecule has 1 aliphatic heterocycles. The molecule has 94 valence electrons. The van der Waals surface area contributed by atoms with Gasteiger partial charge < -0.3 is 9.64 Å². The van der Waals surface area contributed by atoms with Gasteiger partial charge in [-0.05, 0) is 44.9 Å². The minimum Gasteiger partial charge on any atom is -0.490 e. The molecule has 1 heterocycles. The number of rotatable bonds is 4. The maximum atomic E-state index is 6.01. The second-order valence-electron chi connectivity index (χ2n) is 4.97. The first-order valence-electron chi connectivity index (χ1n) is 6.73. The quantitative estimate of drug-likeness (QED) is 0.791. The number of piperidine rings is 1. The molecule has 0 saturated carbocycles. The summed E-state index contributed by atoms with van der Waals surface area (Å²) in [6, 6.07) is 8.38. The molecular weight excluding hydrogens is 210 g/mol. The fraction of sp³-hybridized carbons (Fsp3) is 0.600. The van der Waals surface area contributed by atoms with E-state index in [-0.39, 0.29) is 0 Å². The van der Waals surface area contributed by atoms with Crippen molar-refractivity contribution in [3.05, 3.63) is 29.8 Å². The van der Waals surface area contributed by atoms with E-state index in [9.17, 15) is 0 Å². The Kier molecular flexibility index (Phi) is 4.43. The monoisotopic (exact) mass is 233 g/mol. The number of nitrogens with zero attached hydrogens (tertiary/aromatic N) is 1. The summed E-state index contributed by atoms with van der Waals surface area (Å²) in [7, 11) is 0. The first-order valence-corrected chi connectivity index (χ1v) is 6.73. The standard InChI is InChI=1S/C15H23NO/c1-3-10-16-11-8-15(9-12-16)17-14-6-4-13(2)5-7-14/h4-7,15H,3,8-12H2,1-2H3. The van der Waals surface area contributed by atoms with E-state index in [1.807, 2.05) is 0 Å². The maximum Gasteiger partial charge on any atom is 0.119 e. The van der Waals surface area contributed by atoms with Gasteiger partial charge in [-0.2, -0.15) is 0 Å². The summed E-state index contributed by atoms with van der Waals surface area (Å²) in [5, 5.41) is 0. The molecule has 1 aromatic carbocycles. The van der Waals surface area contributed by atoms with Crippen molar-refractivity contribution < 1.29 is 4.74 Å². The third-order valence-corrected chi connectivity index (χ3v) is 3.40. The molecule has 0 atom stereocenters. The van der Waals surface area contributed by atoms with E-state index >= 15 is 0 Å². The molecule has 0 spiro atoms. The lowest BCUT2D eigenvalue weighted by Gasteiger charge is -2.31. The van der Waals surface area contributed by atoms with E-state index in [1.54, 1.807) is 0 Å². The first kappa shape index (κ1) is 12.4. The fourth-order valence-electron chi connectivity index (χ4n) is 2.38. The summed E-state index contributed by atoms with van der Waals surface area (Å²) in [4.78, 5) is 2.54. The highest BCUT2D eigenvalue weighted by Crippen LogP contribution is 2.19. The Bertz CT molecular complexity index is 325. The molecule has 2 heteroatoms. The maximum absolute atomic E-state index is 6.01. The van der Waals surface area contributed by atoms with Crippen molar-refractivity contribution in [1.82, 2.24) is 4.90 Å². The van der Waals surface area contributed by atoms with E-state index in [1.165, 1.54) is 31.6 Å². The largest absolute Gasteiger partial charge is 0.490 e. The highest BCUT2D eigenvalue weighted by atomic mass is 16.5. The zero-order valence-corrected chi connectivity index (χ0v) is 11.0. The van der Waals surface area contributed by atoms with Crippen molar-refractivity contribution in [2.75, 3.05) is 19.6 Å². The van der Waals surface area contributed by atoms with Crippen LogP contribution in [0.5, 0.6) is 5.75 Å². The van der Waals surface area contributed by atoms with Gasteiger partial charge in [-0.25, -0.2) is 0 Å². The van der Waals surface area contributed by atoms with E-state index < -0.39 is 0 Å². The second kappa shape index (κ2) is 6.06.